The van der Waals surface area contributed by atoms with Crippen LogP contribution in [-0.4, -0.2) is 32.6 Å². The first-order chi connectivity index (χ1) is 9.67. The van der Waals surface area contributed by atoms with E-state index in [1.165, 1.54) is 0 Å². The minimum atomic E-state index is -0.733. The van der Waals surface area contributed by atoms with Crippen LogP contribution in [0.2, 0.25) is 0 Å². The van der Waals surface area contributed by atoms with Crippen LogP contribution in [0.4, 0.5) is 5.82 Å². The summed E-state index contributed by atoms with van der Waals surface area (Å²) in [7, 11) is 0. The molecule has 0 aromatic carbocycles. The van der Waals surface area contributed by atoms with Crippen LogP contribution in [0.25, 0.3) is 11.2 Å². The Morgan fingerprint density at radius 2 is 2.10 bits per heavy atom. The SMILES string of the molecule is O=C(O)CC1(CNc2ccc3nccnc3n2)CCC1. The zero-order valence-corrected chi connectivity index (χ0v) is 11.0. The van der Waals surface area contributed by atoms with E-state index < -0.39 is 5.97 Å². The molecule has 0 amide bonds. The van der Waals surface area contributed by atoms with Crippen molar-refractivity contribution in [2.75, 3.05) is 11.9 Å². The van der Waals surface area contributed by atoms with Gasteiger partial charge in [-0.1, -0.05) is 6.42 Å². The van der Waals surface area contributed by atoms with Crippen molar-refractivity contribution < 1.29 is 9.90 Å². The van der Waals surface area contributed by atoms with E-state index in [0.717, 1.165) is 30.6 Å². The first kappa shape index (κ1) is 12.8. The summed E-state index contributed by atoms with van der Waals surface area (Å²) < 4.78 is 0. The topological polar surface area (TPSA) is 88.0 Å². The Balaban J connectivity index is 1.71. The van der Waals surface area contributed by atoms with E-state index in [9.17, 15) is 4.79 Å². The summed E-state index contributed by atoms with van der Waals surface area (Å²) in [6.45, 7) is 0.637. The molecule has 0 unspecified atom stereocenters. The fourth-order valence-corrected chi connectivity index (χ4v) is 2.64. The molecule has 2 N–H and O–H groups in total. The molecule has 0 aliphatic heterocycles. The Morgan fingerprint density at radius 1 is 1.30 bits per heavy atom. The van der Waals surface area contributed by atoms with Crippen molar-refractivity contribution >= 4 is 23.0 Å². The molecule has 2 heterocycles. The first-order valence-electron chi connectivity index (χ1n) is 6.70. The molecule has 0 atom stereocenters. The maximum atomic E-state index is 10.9. The van der Waals surface area contributed by atoms with Crippen molar-refractivity contribution in [2.45, 2.75) is 25.7 Å². The summed E-state index contributed by atoms with van der Waals surface area (Å²) in [5, 5.41) is 12.2. The predicted octanol–water partition coefficient (Wildman–Crippen LogP) is 2.08. The molecule has 2 aromatic rings. The molecule has 0 radical (unpaired) electrons. The van der Waals surface area contributed by atoms with E-state index in [1.807, 2.05) is 12.1 Å². The summed E-state index contributed by atoms with van der Waals surface area (Å²) in [6, 6.07) is 3.71. The number of aliphatic carboxylic acids is 1. The number of hydrogen-bond acceptors (Lipinski definition) is 5. The number of nitrogens with one attached hydrogen (secondary N) is 1. The number of aromatic nitrogens is 3. The molecule has 6 nitrogen and oxygen atoms in total. The number of carbonyl (C=O) groups is 1. The van der Waals surface area contributed by atoms with Crippen molar-refractivity contribution in [2.24, 2.45) is 5.41 Å². The standard InChI is InChI=1S/C14H16N4O2/c19-12(20)8-14(4-1-5-14)9-17-11-3-2-10-13(18-11)16-7-6-15-10/h2-3,6-7H,1,4-5,8-9H2,(H,19,20)(H,16,17,18). The molecule has 104 valence electrons. The number of hydrogen-bond donors (Lipinski definition) is 2. The highest BCUT2D eigenvalue weighted by Gasteiger charge is 2.38. The molecule has 0 saturated heterocycles. The average Bonchev–Trinajstić information content (AvgIpc) is 2.41. The van der Waals surface area contributed by atoms with Gasteiger partial charge in [-0.25, -0.2) is 9.97 Å². The molecular weight excluding hydrogens is 256 g/mol. The second-order valence-electron chi connectivity index (χ2n) is 5.37. The fraction of sp³-hybridized carbons (Fsp3) is 0.429. The van der Waals surface area contributed by atoms with Gasteiger partial charge in [-0.15, -0.1) is 0 Å². The second kappa shape index (κ2) is 5.03. The van der Waals surface area contributed by atoms with Crippen LogP contribution >= 0.6 is 0 Å². The summed E-state index contributed by atoms with van der Waals surface area (Å²) >= 11 is 0. The van der Waals surface area contributed by atoms with E-state index in [-0.39, 0.29) is 11.8 Å². The minimum Gasteiger partial charge on any atom is -0.481 e. The molecule has 1 aliphatic carbocycles. The van der Waals surface area contributed by atoms with Crippen LogP contribution in [0.5, 0.6) is 0 Å². The number of carboxylic acid groups (broad SMARTS) is 1. The minimum absolute atomic E-state index is 0.120. The lowest BCUT2D eigenvalue weighted by Gasteiger charge is -2.41. The highest BCUT2D eigenvalue weighted by molar-refractivity contribution is 5.71. The van der Waals surface area contributed by atoms with Crippen molar-refractivity contribution in [1.29, 1.82) is 0 Å². The third-order valence-corrected chi connectivity index (χ3v) is 3.92. The summed E-state index contributed by atoms with van der Waals surface area (Å²) in [4.78, 5) is 23.6. The van der Waals surface area contributed by atoms with Gasteiger partial charge in [-0.05, 0) is 30.4 Å². The number of nitrogens with zero attached hydrogens (tertiary/aromatic N) is 3. The van der Waals surface area contributed by atoms with Gasteiger partial charge in [0.05, 0.1) is 6.42 Å². The molecule has 3 rings (SSSR count). The van der Waals surface area contributed by atoms with Gasteiger partial charge in [0.1, 0.15) is 11.3 Å². The van der Waals surface area contributed by atoms with Crippen molar-refractivity contribution in [3.8, 4) is 0 Å². The predicted molar refractivity (Wildman–Crippen MR) is 74.4 cm³/mol. The van der Waals surface area contributed by atoms with Gasteiger partial charge in [0.15, 0.2) is 5.65 Å². The summed E-state index contributed by atoms with van der Waals surface area (Å²) in [5.41, 5.74) is 1.23. The number of anilines is 1. The van der Waals surface area contributed by atoms with Crippen LogP contribution in [0, 0.1) is 5.41 Å². The van der Waals surface area contributed by atoms with Crippen LogP contribution in [-0.2, 0) is 4.79 Å². The van der Waals surface area contributed by atoms with Gasteiger partial charge in [-0.3, -0.25) is 9.78 Å². The van der Waals surface area contributed by atoms with Gasteiger partial charge in [0.2, 0.25) is 0 Å². The summed E-state index contributed by atoms with van der Waals surface area (Å²) in [6.07, 6.45) is 6.47. The van der Waals surface area contributed by atoms with Crippen LogP contribution in [0.15, 0.2) is 24.5 Å². The van der Waals surface area contributed by atoms with E-state index in [4.69, 9.17) is 5.11 Å². The zero-order valence-electron chi connectivity index (χ0n) is 11.0. The quantitative estimate of drug-likeness (QED) is 0.866. The number of fused-ring (bicyclic) bond motifs is 1. The summed E-state index contributed by atoms with van der Waals surface area (Å²) in [5.74, 6) is -0.0153. The van der Waals surface area contributed by atoms with E-state index in [2.05, 4.69) is 20.3 Å². The third kappa shape index (κ3) is 2.54. The molecule has 20 heavy (non-hydrogen) atoms. The fourth-order valence-electron chi connectivity index (χ4n) is 2.64. The zero-order chi connectivity index (χ0) is 14.0. The number of carboxylic acids is 1. The van der Waals surface area contributed by atoms with Crippen LogP contribution in [0.3, 0.4) is 0 Å². The van der Waals surface area contributed by atoms with Gasteiger partial charge >= 0.3 is 5.97 Å². The first-order valence-corrected chi connectivity index (χ1v) is 6.70. The van der Waals surface area contributed by atoms with Crippen LogP contribution < -0.4 is 5.32 Å². The molecular formula is C14H16N4O2. The largest absolute Gasteiger partial charge is 0.481 e. The molecule has 1 aliphatic rings. The lowest BCUT2D eigenvalue weighted by atomic mass is 9.66. The second-order valence-corrected chi connectivity index (χ2v) is 5.37. The van der Waals surface area contributed by atoms with Gasteiger partial charge in [0, 0.05) is 18.9 Å². The van der Waals surface area contributed by atoms with Gasteiger partial charge in [-0.2, -0.15) is 0 Å². The van der Waals surface area contributed by atoms with E-state index >= 15 is 0 Å². The Kier molecular flexibility index (Phi) is 3.22. The Morgan fingerprint density at radius 3 is 2.80 bits per heavy atom. The molecule has 2 aromatic heterocycles. The van der Waals surface area contributed by atoms with Crippen molar-refractivity contribution in [1.82, 2.24) is 15.0 Å². The van der Waals surface area contributed by atoms with Gasteiger partial charge in [0.25, 0.3) is 0 Å². The van der Waals surface area contributed by atoms with E-state index in [1.54, 1.807) is 12.4 Å². The highest BCUT2D eigenvalue weighted by Crippen LogP contribution is 2.43. The normalized spacial score (nSPS) is 16.6. The molecule has 6 heteroatoms. The maximum absolute atomic E-state index is 10.9. The molecule has 1 saturated carbocycles. The number of rotatable bonds is 5. The average molecular weight is 272 g/mol. The molecule has 1 fully saturated rings. The van der Waals surface area contributed by atoms with Crippen LogP contribution in [0.1, 0.15) is 25.7 Å². The Hall–Kier alpha value is -2.24. The van der Waals surface area contributed by atoms with Crippen molar-refractivity contribution in [3.63, 3.8) is 0 Å². The van der Waals surface area contributed by atoms with Gasteiger partial charge < -0.3 is 10.4 Å². The molecule has 0 spiro atoms. The number of pyridine rings is 1. The highest BCUT2D eigenvalue weighted by atomic mass is 16.4. The lowest BCUT2D eigenvalue weighted by molar-refractivity contribution is -0.141. The Bertz CT molecular complexity index is 640. The lowest BCUT2D eigenvalue weighted by Crippen LogP contribution is -2.38. The molecule has 0 bridgehead atoms. The maximum Gasteiger partial charge on any atom is 0.303 e. The third-order valence-electron chi connectivity index (χ3n) is 3.92. The Labute approximate surface area is 116 Å². The smallest absolute Gasteiger partial charge is 0.303 e. The van der Waals surface area contributed by atoms with Crippen molar-refractivity contribution in [3.05, 3.63) is 24.5 Å². The van der Waals surface area contributed by atoms with E-state index in [0.29, 0.717) is 12.2 Å². The monoisotopic (exact) mass is 272 g/mol.